The van der Waals surface area contributed by atoms with Gasteiger partial charge >= 0.3 is 0 Å². The Morgan fingerprint density at radius 2 is 1.62 bits per heavy atom. The van der Waals surface area contributed by atoms with Gasteiger partial charge in [-0.2, -0.15) is 4.31 Å². The second kappa shape index (κ2) is 8.94. The molecule has 0 radical (unpaired) electrons. The molecule has 29 heavy (non-hydrogen) atoms. The summed E-state index contributed by atoms with van der Waals surface area (Å²) in [6, 6.07) is 10.8. The molecule has 1 aliphatic rings. The number of hydrogen-bond acceptors (Lipinski definition) is 4. The first-order valence-corrected chi connectivity index (χ1v) is 11.1. The molecule has 0 unspecified atom stereocenters. The molecule has 0 saturated carbocycles. The predicted octanol–water partition coefficient (Wildman–Crippen LogP) is 3.73. The van der Waals surface area contributed by atoms with E-state index in [-0.39, 0.29) is 21.4 Å². The van der Waals surface area contributed by atoms with E-state index < -0.39 is 15.9 Å². The van der Waals surface area contributed by atoms with Gasteiger partial charge in [-0.25, -0.2) is 8.42 Å². The summed E-state index contributed by atoms with van der Waals surface area (Å²) in [5.41, 5.74) is 1.04. The molecule has 2 N–H and O–H groups in total. The Kier molecular flexibility index (Phi) is 6.56. The number of piperidine rings is 1. The van der Waals surface area contributed by atoms with Gasteiger partial charge in [0.25, 0.3) is 5.91 Å². The first-order valence-electron chi connectivity index (χ1n) is 9.26. The van der Waals surface area contributed by atoms with Crippen LogP contribution in [0.25, 0.3) is 0 Å². The highest BCUT2D eigenvalue weighted by atomic mass is 35.5. The van der Waals surface area contributed by atoms with Crippen molar-refractivity contribution < 1.29 is 18.0 Å². The second-order valence-electron chi connectivity index (χ2n) is 6.82. The smallest absolute Gasteiger partial charge is 0.257 e. The summed E-state index contributed by atoms with van der Waals surface area (Å²) in [4.78, 5) is 24.0. The fraction of sp³-hybridized carbons (Fsp3) is 0.300. The van der Waals surface area contributed by atoms with E-state index in [9.17, 15) is 18.0 Å². The van der Waals surface area contributed by atoms with E-state index in [4.69, 9.17) is 11.6 Å². The van der Waals surface area contributed by atoms with Crippen LogP contribution in [0, 0.1) is 0 Å². The van der Waals surface area contributed by atoms with Crippen molar-refractivity contribution >= 4 is 44.8 Å². The minimum atomic E-state index is -3.68. The van der Waals surface area contributed by atoms with Crippen LogP contribution in [0.15, 0.2) is 47.4 Å². The normalized spacial score (nSPS) is 15.0. The van der Waals surface area contributed by atoms with E-state index in [0.29, 0.717) is 24.5 Å². The highest BCUT2D eigenvalue weighted by molar-refractivity contribution is 7.89. The molecule has 3 rings (SSSR count). The van der Waals surface area contributed by atoms with Crippen LogP contribution in [-0.2, 0) is 14.8 Å². The summed E-state index contributed by atoms with van der Waals surface area (Å²) >= 11 is 6.17. The van der Waals surface area contributed by atoms with Crippen molar-refractivity contribution in [2.24, 2.45) is 0 Å². The Labute approximate surface area is 175 Å². The quantitative estimate of drug-likeness (QED) is 0.748. The van der Waals surface area contributed by atoms with E-state index in [1.54, 1.807) is 24.3 Å². The number of carbonyl (C=O) groups excluding carboxylic acids is 2. The number of nitrogens with zero attached hydrogens (tertiary/aromatic N) is 1. The molecule has 154 valence electrons. The monoisotopic (exact) mass is 435 g/mol. The molecule has 7 nitrogen and oxygen atoms in total. The summed E-state index contributed by atoms with van der Waals surface area (Å²) in [6.07, 6.45) is 2.66. The molecule has 0 aliphatic carbocycles. The molecule has 9 heteroatoms. The number of halogens is 1. The number of nitrogens with one attached hydrogen (secondary N) is 2. The fourth-order valence-electron chi connectivity index (χ4n) is 3.17. The number of anilines is 2. The van der Waals surface area contributed by atoms with Gasteiger partial charge in [-0.1, -0.05) is 24.1 Å². The molecule has 2 aromatic rings. The average Bonchev–Trinajstić information content (AvgIpc) is 2.68. The molecule has 1 saturated heterocycles. The maximum atomic E-state index is 12.9. The molecule has 2 amide bonds. The van der Waals surface area contributed by atoms with Crippen LogP contribution in [0.3, 0.4) is 0 Å². The lowest BCUT2D eigenvalue weighted by atomic mass is 10.2. The van der Waals surface area contributed by atoms with Gasteiger partial charge in [0.1, 0.15) is 0 Å². The average molecular weight is 436 g/mol. The Hall–Kier alpha value is -2.42. The van der Waals surface area contributed by atoms with Crippen molar-refractivity contribution in [1.82, 2.24) is 4.31 Å². The molecule has 2 aromatic carbocycles. The lowest BCUT2D eigenvalue weighted by Crippen LogP contribution is -2.35. The van der Waals surface area contributed by atoms with E-state index >= 15 is 0 Å². The Bertz CT molecular complexity index is 1030. The van der Waals surface area contributed by atoms with Gasteiger partial charge in [0.05, 0.1) is 15.5 Å². The number of sulfonamides is 1. The molecule has 1 fully saturated rings. The van der Waals surface area contributed by atoms with Crippen LogP contribution < -0.4 is 10.6 Å². The lowest BCUT2D eigenvalue weighted by Gasteiger charge is -2.26. The lowest BCUT2D eigenvalue weighted by molar-refractivity contribution is -0.114. The Balaban J connectivity index is 1.84. The minimum absolute atomic E-state index is 0.0425. The van der Waals surface area contributed by atoms with Crippen molar-refractivity contribution in [2.45, 2.75) is 31.1 Å². The summed E-state index contributed by atoms with van der Waals surface area (Å²) in [6.45, 7) is 2.34. The van der Waals surface area contributed by atoms with E-state index in [1.165, 1.54) is 29.4 Å². The molecule has 0 aromatic heterocycles. The number of benzene rings is 2. The fourth-order valence-corrected chi connectivity index (χ4v) is 4.92. The van der Waals surface area contributed by atoms with Crippen LogP contribution in [0.5, 0.6) is 0 Å². The SMILES string of the molecule is CC(=O)Nc1cccc(NC(=O)c2cc(S(=O)(=O)N3CCCCC3)ccc2Cl)c1. The van der Waals surface area contributed by atoms with Gasteiger partial charge < -0.3 is 10.6 Å². The Morgan fingerprint density at radius 1 is 0.966 bits per heavy atom. The summed E-state index contributed by atoms with van der Waals surface area (Å²) in [5.74, 6) is -0.766. The van der Waals surface area contributed by atoms with E-state index in [2.05, 4.69) is 10.6 Å². The largest absolute Gasteiger partial charge is 0.326 e. The van der Waals surface area contributed by atoms with E-state index in [1.807, 2.05) is 0 Å². The maximum Gasteiger partial charge on any atom is 0.257 e. The Morgan fingerprint density at radius 3 is 2.28 bits per heavy atom. The molecule has 0 spiro atoms. The summed E-state index contributed by atoms with van der Waals surface area (Å²) < 4.78 is 27.2. The molecular formula is C20H22ClN3O4S. The standard InChI is InChI=1S/C20H22ClN3O4S/c1-14(25)22-15-6-5-7-16(12-15)23-20(26)18-13-17(8-9-19(18)21)29(27,28)24-10-3-2-4-11-24/h5-9,12-13H,2-4,10-11H2,1H3,(H,22,25)(H,23,26). The van der Waals surface area contributed by atoms with E-state index in [0.717, 1.165) is 19.3 Å². The number of carbonyl (C=O) groups is 2. The molecule has 1 heterocycles. The highest BCUT2D eigenvalue weighted by Gasteiger charge is 2.27. The molecular weight excluding hydrogens is 414 g/mol. The topological polar surface area (TPSA) is 95.6 Å². The van der Waals surface area contributed by atoms with Crippen LogP contribution in [-0.4, -0.2) is 37.6 Å². The summed E-state index contributed by atoms with van der Waals surface area (Å²) in [7, 11) is -3.68. The third-order valence-electron chi connectivity index (χ3n) is 4.58. The first-order chi connectivity index (χ1) is 13.8. The van der Waals surface area contributed by atoms with Crippen LogP contribution in [0.4, 0.5) is 11.4 Å². The third-order valence-corrected chi connectivity index (χ3v) is 6.80. The number of rotatable bonds is 5. The molecule has 0 bridgehead atoms. The first kappa shape index (κ1) is 21.3. The third kappa shape index (κ3) is 5.14. The van der Waals surface area contributed by atoms with Crippen molar-refractivity contribution in [3.63, 3.8) is 0 Å². The van der Waals surface area contributed by atoms with Gasteiger partial charge in [0, 0.05) is 31.4 Å². The van der Waals surface area contributed by atoms with Gasteiger partial charge in [0.2, 0.25) is 15.9 Å². The van der Waals surface area contributed by atoms with Gasteiger partial charge in [-0.05, 0) is 49.2 Å². The van der Waals surface area contributed by atoms with Crippen LogP contribution in [0.1, 0.15) is 36.5 Å². The number of amides is 2. The zero-order valence-corrected chi connectivity index (χ0v) is 17.5. The highest BCUT2D eigenvalue weighted by Crippen LogP contribution is 2.26. The maximum absolute atomic E-state index is 12.9. The molecule has 0 atom stereocenters. The number of hydrogen-bond donors (Lipinski definition) is 2. The zero-order chi connectivity index (χ0) is 21.0. The van der Waals surface area contributed by atoms with Crippen molar-refractivity contribution in [3.8, 4) is 0 Å². The molecule has 1 aliphatic heterocycles. The zero-order valence-electron chi connectivity index (χ0n) is 15.9. The predicted molar refractivity (Wildman–Crippen MR) is 113 cm³/mol. The van der Waals surface area contributed by atoms with Crippen LogP contribution >= 0.6 is 11.6 Å². The van der Waals surface area contributed by atoms with Gasteiger partial charge in [-0.15, -0.1) is 0 Å². The minimum Gasteiger partial charge on any atom is -0.326 e. The summed E-state index contributed by atoms with van der Waals surface area (Å²) in [5, 5.41) is 5.47. The van der Waals surface area contributed by atoms with Crippen LogP contribution in [0.2, 0.25) is 5.02 Å². The van der Waals surface area contributed by atoms with Crippen molar-refractivity contribution in [3.05, 3.63) is 53.1 Å². The van der Waals surface area contributed by atoms with Crippen molar-refractivity contribution in [1.29, 1.82) is 0 Å². The van der Waals surface area contributed by atoms with Crippen molar-refractivity contribution in [2.75, 3.05) is 23.7 Å². The van der Waals surface area contributed by atoms with Gasteiger partial charge in [-0.3, -0.25) is 9.59 Å². The van der Waals surface area contributed by atoms with Gasteiger partial charge in [0.15, 0.2) is 0 Å². The second-order valence-corrected chi connectivity index (χ2v) is 9.17.